The molecule has 1 aromatic rings. The Morgan fingerprint density at radius 1 is 1.40 bits per heavy atom. The van der Waals surface area contributed by atoms with Crippen LogP contribution in [0.3, 0.4) is 0 Å². The molecule has 0 aliphatic carbocycles. The molecule has 0 spiro atoms. The molecule has 0 saturated carbocycles. The first kappa shape index (κ1) is 17.4. The van der Waals surface area contributed by atoms with Crippen LogP contribution in [0.4, 0.5) is 4.39 Å². The number of nitrogens with one attached hydrogen (secondary N) is 1. The average molecular weight is 303 g/mol. The van der Waals surface area contributed by atoms with E-state index in [2.05, 4.69) is 26.2 Å². The number of ether oxygens (including phenoxy) is 1. The Morgan fingerprint density at radius 3 is 2.55 bits per heavy atom. The summed E-state index contributed by atoms with van der Waals surface area (Å²) in [7, 11) is 0. The van der Waals surface area contributed by atoms with Crippen molar-refractivity contribution < 1.29 is 9.13 Å². The molecule has 5 heteroatoms. The second-order valence-corrected chi connectivity index (χ2v) is 6.34. The highest BCUT2D eigenvalue weighted by Gasteiger charge is 2.33. The average Bonchev–Trinajstić information content (AvgIpc) is 2.37. The molecule has 114 valence electrons. The lowest BCUT2D eigenvalue weighted by molar-refractivity contribution is -0.0357. The molecule has 1 rings (SSSR count). The van der Waals surface area contributed by atoms with E-state index in [-0.39, 0.29) is 22.6 Å². The van der Waals surface area contributed by atoms with Crippen LogP contribution in [0, 0.1) is 11.2 Å². The molecule has 0 saturated heterocycles. The number of hydrazine groups is 1. The minimum absolute atomic E-state index is 0.109. The molecule has 0 fully saturated rings. The van der Waals surface area contributed by atoms with Gasteiger partial charge in [-0.05, 0) is 30.4 Å². The SMILES string of the molecule is CCOC(C(Cc1cccc(Cl)c1F)NN)C(C)(C)C. The molecular formula is C15H24ClFN2O. The van der Waals surface area contributed by atoms with E-state index < -0.39 is 5.82 Å². The maximum absolute atomic E-state index is 14.0. The molecule has 20 heavy (non-hydrogen) atoms. The van der Waals surface area contributed by atoms with E-state index in [4.69, 9.17) is 22.2 Å². The van der Waals surface area contributed by atoms with Gasteiger partial charge >= 0.3 is 0 Å². The lowest BCUT2D eigenvalue weighted by Gasteiger charge is -2.36. The van der Waals surface area contributed by atoms with Crippen molar-refractivity contribution in [3.05, 3.63) is 34.6 Å². The van der Waals surface area contributed by atoms with Crippen LogP contribution in [0.15, 0.2) is 18.2 Å². The minimum Gasteiger partial charge on any atom is -0.376 e. The fraction of sp³-hybridized carbons (Fsp3) is 0.600. The molecule has 2 unspecified atom stereocenters. The molecule has 0 bridgehead atoms. The fourth-order valence-corrected chi connectivity index (χ4v) is 2.54. The third kappa shape index (κ3) is 4.42. The van der Waals surface area contributed by atoms with Crippen molar-refractivity contribution >= 4 is 11.6 Å². The molecule has 0 heterocycles. The van der Waals surface area contributed by atoms with Gasteiger partial charge in [-0.25, -0.2) is 4.39 Å². The van der Waals surface area contributed by atoms with E-state index in [9.17, 15) is 4.39 Å². The van der Waals surface area contributed by atoms with Crippen LogP contribution >= 0.6 is 11.6 Å². The van der Waals surface area contributed by atoms with Crippen LogP contribution in [-0.4, -0.2) is 18.8 Å². The summed E-state index contributed by atoms with van der Waals surface area (Å²) in [6, 6.07) is 4.80. The van der Waals surface area contributed by atoms with E-state index in [1.54, 1.807) is 12.1 Å². The van der Waals surface area contributed by atoms with E-state index >= 15 is 0 Å². The zero-order chi connectivity index (χ0) is 15.3. The van der Waals surface area contributed by atoms with Crippen LogP contribution < -0.4 is 11.3 Å². The molecule has 0 aliphatic heterocycles. The monoisotopic (exact) mass is 302 g/mol. The predicted octanol–water partition coefficient (Wildman–Crippen LogP) is 3.30. The maximum Gasteiger partial charge on any atom is 0.145 e. The van der Waals surface area contributed by atoms with Gasteiger partial charge in [-0.2, -0.15) is 0 Å². The first-order valence-corrected chi connectivity index (χ1v) is 7.19. The molecule has 0 aliphatic rings. The highest BCUT2D eigenvalue weighted by molar-refractivity contribution is 6.30. The van der Waals surface area contributed by atoms with Gasteiger partial charge in [0.2, 0.25) is 0 Å². The van der Waals surface area contributed by atoms with Crippen molar-refractivity contribution in [3.8, 4) is 0 Å². The largest absolute Gasteiger partial charge is 0.376 e. The van der Waals surface area contributed by atoms with Gasteiger partial charge in [0.05, 0.1) is 17.2 Å². The van der Waals surface area contributed by atoms with Gasteiger partial charge in [0, 0.05) is 6.61 Å². The van der Waals surface area contributed by atoms with Gasteiger partial charge in [-0.15, -0.1) is 0 Å². The van der Waals surface area contributed by atoms with Gasteiger partial charge in [-0.3, -0.25) is 11.3 Å². The van der Waals surface area contributed by atoms with Crippen molar-refractivity contribution in [2.45, 2.75) is 46.3 Å². The van der Waals surface area contributed by atoms with Crippen molar-refractivity contribution in [2.75, 3.05) is 6.61 Å². The summed E-state index contributed by atoms with van der Waals surface area (Å²) in [5, 5.41) is 0.127. The second kappa shape index (κ2) is 7.36. The minimum atomic E-state index is -0.390. The van der Waals surface area contributed by atoms with Crippen LogP contribution in [0.25, 0.3) is 0 Å². The molecule has 2 atom stereocenters. The van der Waals surface area contributed by atoms with E-state index in [1.165, 1.54) is 6.07 Å². The van der Waals surface area contributed by atoms with Crippen molar-refractivity contribution in [2.24, 2.45) is 11.3 Å². The molecule has 1 aromatic carbocycles. The molecule has 0 radical (unpaired) electrons. The zero-order valence-corrected chi connectivity index (χ0v) is 13.3. The Morgan fingerprint density at radius 2 is 2.05 bits per heavy atom. The van der Waals surface area contributed by atoms with Crippen molar-refractivity contribution in [1.82, 2.24) is 5.43 Å². The van der Waals surface area contributed by atoms with Crippen LogP contribution in [0.1, 0.15) is 33.3 Å². The Bertz CT molecular complexity index is 434. The second-order valence-electron chi connectivity index (χ2n) is 5.93. The smallest absolute Gasteiger partial charge is 0.145 e. The molecule has 3 nitrogen and oxygen atoms in total. The van der Waals surface area contributed by atoms with Gasteiger partial charge in [0.15, 0.2) is 0 Å². The van der Waals surface area contributed by atoms with Gasteiger partial charge < -0.3 is 4.74 Å². The van der Waals surface area contributed by atoms with Crippen LogP contribution in [0.2, 0.25) is 5.02 Å². The van der Waals surface area contributed by atoms with E-state index in [0.717, 1.165) is 0 Å². The molecule has 0 aromatic heterocycles. The number of halogens is 2. The third-order valence-corrected chi connectivity index (χ3v) is 3.54. The highest BCUT2D eigenvalue weighted by atomic mass is 35.5. The lowest BCUT2D eigenvalue weighted by atomic mass is 9.82. The summed E-state index contributed by atoms with van der Waals surface area (Å²) in [6.07, 6.45) is 0.293. The summed E-state index contributed by atoms with van der Waals surface area (Å²) >= 11 is 5.81. The quantitative estimate of drug-likeness (QED) is 0.626. The topological polar surface area (TPSA) is 47.3 Å². The number of nitrogens with two attached hydrogens (primary N) is 1. The first-order chi connectivity index (χ1) is 9.31. The maximum atomic E-state index is 14.0. The number of rotatable bonds is 6. The van der Waals surface area contributed by atoms with Gasteiger partial charge in [-0.1, -0.05) is 44.5 Å². The summed E-state index contributed by atoms with van der Waals surface area (Å²) in [4.78, 5) is 0. The van der Waals surface area contributed by atoms with Crippen molar-refractivity contribution in [3.63, 3.8) is 0 Å². The normalized spacial score (nSPS) is 15.2. The number of hydrogen-bond donors (Lipinski definition) is 2. The standard InChI is InChI=1S/C15H24ClFN2O/c1-5-20-14(15(2,3)4)12(19-18)9-10-7-6-8-11(16)13(10)17/h6-8,12,14,19H,5,9,18H2,1-4H3. The summed E-state index contributed by atoms with van der Waals surface area (Å²) in [5.41, 5.74) is 3.18. The molecular weight excluding hydrogens is 279 g/mol. The summed E-state index contributed by atoms with van der Waals surface area (Å²) in [5.74, 6) is 5.26. The zero-order valence-electron chi connectivity index (χ0n) is 12.5. The third-order valence-electron chi connectivity index (χ3n) is 3.25. The van der Waals surface area contributed by atoms with Gasteiger partial charge in [0.25, 0.3) is 0 Å². The highest BCUT2D eigenvalue weighted by Crippen LogP contribution is 2.28. The van der Waals surface area contributed by atoms with Gasteiger partial charge in [0.1, 0.15) is 5.82 Å². The van der Waals surface area contributed by atoms with E-state index in [1.807, 2.05) is 6.92 Å². The fourth-order valence-electron chi connectivity index (χ4n) is 2.35. The summed E-state index contributed by atoms with van der Waals surface area (Å²) < 4.78 is 19.8. The Labute approximate surface area is 125 Å². The number of hydrogen-bond acceptors (Lipinski definition) is 3. The Hall–Kier alpha value is -0.680. The lowest BCUT2D eigenvalue weighted by Crippen LogP contribution is -2.52. The summed E-state index contributed by atoms with van der Waals surface area (Å²) in [6.45, 7) is 8.74. The Balaban J connectivity index is 2.97. The predicted molar refractivity (Wildman–Crippen MR) is 81.1 cm³/mol. The van der Waals surface area contributed by atoms with Crippen LogP contribution in [-0.2, 0) is 11.2 Å². The molecule has 0 amide bonds. The first-order valence-electron chi connectivity index (χ1n) is 6.81. The van der Waals surface area contributed by atoms with Crippen molar-refractivity contribution in [1.29, 1.82) is 0 Å². The Kier molecular flexibility index (Phi) is 6.40. The molecule has 3 N–H and O–H groups in total. The number of benzene rings is 1. The van der Waals surface area contributed by atoms with Crippen LogP contribution in [0.5, 0.6) is 0 Å². The van der Waals surface area contributed by atoms with E-state index in [0.29, 0.717) is 18.6 Å².